The molecule has 9 heteroatoms. The van der Waals surface area contributed by atoms with Crippen LogP contribution in [0, 0.1) is 5.92 Å². The standard InChI is InChI=1S/C18H21ClF3NO3S/c19-14-5-7-15(8-6-14)27(25,26)17(9-1-2-10-17)16(24)23-11-3-4-13(12-23)18(20,21)22/h5-8,13H,1-4,9-12H2/t13-/m0/s1. The third-order valence-corrected chi connectivity index (χ3v) is 8.37. The second kappa shape index (κ2) is 7.28. The van der Waals surface area contributed by atoms with Gasteiger partial charge in [0.2, 0.25) is 5.91 Å². The van der Waals surface area contributed by atoms with Crippen molar-refractivity contribution < 1.29 is 26.4 Å². The van der Waals surface area contributed by atoms with Gasteiger partial charge in [-0.1, -0.05) is 24.4 Å². The van der Waals surface area contributed by atoms with E-state index in [-0.39, 0.29) is 37.1 Å². The first kappa shape index (κ1) is 20.5. The molecule has 1 amide bonds. The van der Waals surface area contributed by atoms with Crippen LogP contribution in [0.4, 0.5) is 13.2 Å². The molecule has 2 aliphatic rings. The van der Waals surface area contributed by atoms with Gasteiger partial charge >= 0.3 is 6.18 Å². The van der Waals surface area contributed by atoms with Gasteiger partial charge in [0.15, 0.2) is 14.6 Å². The zero-order valence-corrected chi connectivity index (χ0v) is 16.2. The third kappa shape index (κ3) is 3.70. The summed E-state index contributed by atoms with van der Waals surface area (Å²) in [7, 11) is -4.05. The predicted molar refractivity (Wildman–Crippen MR) is 95.2 cm³/mol. The number of carbonyl (C=O) groups is 1. The summed E-state index contributed by atoms with van der Waals surface area (Å²) in [5.74, 6) is -2.30. The topological polar surface area (TPSA) is 54.5 Å². The molecule has 1 saturated carbocycles. The number of nitrogens with zero attached hydrogens (tertiary/aromatic N) is 1. The number of halogens is 4. The van der Waals surface area contributed by atoms with Gasteiger partial charge in [-0.3, -0.25) is 4.79 Å². The first-order valence-corrected chi connectivity index (χ1v) is 10.8. The van der Waals surface area contributed by atoms with Gasteiger partial charge in [0, 0.05) is 18.1 Å². The van der Waals surface area contributed by atoms with E-state index in [4.69, 9.17) is 11.6 Å². The molecule has 150 valence electrons. The van der Waals surface area contributed by atoms with Crippen molar-refractivity contribution in [3.63, 3.8) is 0 Å². The highest BCUT2D eigenvalue weighted by atomic mass is 35.5. The summed E-state index contributed by atoms with van der Waals surface area (Å²) in [6, 6.07) is 5.56. The summed E-state index contributed by atoms with van der Waals surface area (Å²) >= 11 is 5.82. The molecule has 1 saturated heterocycles. The first-order chi connectivity index (χ1) is 12.6. The molecule has 0 aromatic heterocycles. The Balaban J connectivity index is 1.94. The van der Waals surface area contributed by atoms with Gasteiger partial charge in [-0.2, -0.15) is 13.2 Å². The van der Waals surface area contributed by atoms with E-state index in [1.165, 1.54) is 24.3 Å². The second-order valence-corrected chi connectivity index (χ2v) is 9.99. The number of sulfone groups is 1. The van der Waals surface area contributed by atoms with Crippen molar-refractivity contribution in [2.45, 2.75) is 54.3 Å². The molecule has 2 fully saturated rings. The Morgan fingerprint density at radius 1 is 1.11 bits per heavy atom. The Bertz CT molecular complexity index is 802. The fourth-order valence-corrected chi connectivity index (χ4v) is 6.36. The monoisotopic (exact) mass is 423 g/mol. The SMILES string of the molecule is O=C(N1CCC[C@H](C(F)(F)F)C1)C1(S(=O)(=O)c2ccc(Cl)cc2)CCCC1. The number of alkyl halides is 3. The van der Waals surface area contributed by atoms with Crippen LogP contribution in [0.15, 0.2) is 29.2 Å². The van der Waals surface area contributed by atoms with Crippen molar-refractivity contribution in [1.82, 2.24) is 4.90 Å². The molecule has 3 rings (SSSR count). The average molecular weight is 424 g/mol. The lowest BCUT2D eigenvalue weighted by Gasteiger charge is -2.39. The van der Waals surface area contributed by atoms with Crippen LogP contribution in [0.1, 0.15) is 38.5 Å². The Hall–Kier alpha value is -1.28. The maximum absolute atomic E-state index is 13.3. The summed E-state index contributed by atoms with van der Waals surface area (Å²) in [5.41, 5.74) is 0. The van der Waals surface area contributed by atoms with E-state index in [2.05, 4.69) is 0 Å². The Labute approximate surface area is 161 Å². The van der Waals surface area contributed by atoms with Crippen LogP contribution in [0.25, 0.3) is 0 Å². The molecular weight excluding hydrogens is 403 g/mol. The van der Waals surface area contributed by atoms with E-state index in [0.717, 1.165) is 4.90 Å². The normalized spacial score (nSPS) is 23.4. The number of hydrogen-bond acceptors (Lipinski definition) is 3. The molecule has 0 radical (unpaired) electrons. The van der Waals surface area contributed by atoms with Gasteiger partial charge in [-0.15, -0.1) is 0 Å². The largest absolute Gasteiger partial charge is 0.393 e. The van der Waals surface area contributed by atoms with Gasteiger partial charge in [-0.05, 0) is 49.9 Å². The zero-order valence-electron chi connectivity index (χ0n) is 14.6. The lowest BCUT2D eigenvalue weighted by molar-refractivity contribution is -0.188. The van der Waals surface area contributed by atoms with Crippen LogP contribution in [0.5, 0.6) is 0 Å². The van der Waals surface area contributed by atoms with Crippen LogP contribution in [-0.4, -0.2) is 43.2 Å². The molecular formula is C18H21ClF3NO3S. The lowest BCUT2D eigenvalue weighted by atomic mass is 9.95. The fourth-order valence-electron chi connectivity index (χ4n) is 4.10. The molecule has 27 heavy (non-hydrogen) atoms. The number of likely N-dealkylation sites (tertiary alicyclic amines) is 1. The summed E-state index contributed by atoms with van der Waals surface area (Å²) in [5, 5.41) is 0.366. The molecule has 1 aliphatic heterocycles. The molecule has 4 nitrogen and oxygen atoms in total. The number of carbonyl (C=O) groups excluding carboxylic acids is 1. The molecule has 1 aliphatic carbocycles. The molecule has 1 heterocycles. The van der Waals surface area contributed by atoms with E-state index in [9.17, 15) is 26.4 Å². The molecule has 0 spiro atoms. The predicted octanol–water partition coefficient (Wildman–Crippen LogP) is 4.23. The van der Waals surface area contributed by atoms with Crippen molar-refractivity contribution in [2.75, 3.05) is 13.1 Å². The van der Waals surface area contributed by atoms with Crippen LogP contribution >= 0.6 is 11.6 Å². The van der Waals surface area contributed by atoms with E-state index in [0.29, 0.717) is 17.9 Å². The minimum absolute atomic E-state index is 0.0217. The first-order valence-electron chi connectivity index (χ1n) is 8.94. The Morgan fingerprint density at radius 3 is 2.26 bits per heavy atom. The quantitative estimate of drug-likeness (QED) is 0.731. The summed E-state index contributed by atoms with van der Waals surface area (Å²) in [6.07, 6.45) is -2.85. The fraction of sp³-hybridized carbons (Fsp3) is 0.611. The van der Waals surface area contributed by atoms with Crippen LogP contribution in [0.3, 0.4) is 0 Å². The second-order valence-electron chi connectivity index (χ2n) is 7.29. The maximum atomic E-state index is 13.3. The lowest BCUT2D eigenvalue weighted by Crippen LogP contribution is -2.55. The molecule has 0 bridgehead atoms. The van der Waals surface area contributed by atoms with Crippen LogP contribution in [-0.2, 0) is 14.6 Å². The third-order valence-electron chi connectivity index (χ3n) is 5.61. The minimum atomic E-state index is -4.39. The molecule has 0 N–H and O–H groups in total. The van der Waals surface area contributed by atoms with Crippen LogP contribution in [0.2, 0.25) is 5.02 Å². The van der Waals surface area contributed by atoms with Gasteiger partial charge < -0.3 is 4.90 Å². The van der Waals surface area contributed by atoms with Crippen LogP contribution < -0.4 is 0 Å². The smallest absolute Gasteiger partial charge is 0.341 e. The van der Waals surface area contributed by atoms with Crippen molar-refractivity contribution >= 4 is 27.3 Å². The molecule has 1 aromatic rings. The molecule has 0 unspecified atom stereocenters. The summed E-state index contributed by atoms with van der Waals surface area (Å²) in [6.45, 7) is -0.316. The van der Waals surface area contributed by atoms with Crippen molar-refractivity contribution in [3.8, 4) is 0 Å². The average Bonchev–Trinajstić information content (AvgIpc) is 3.12. The highest BCUT2D eigenvalue weighted by molar-refractivity contribution is 7.93. The van der Waals surface area contributed by atoms with Gasteiger partial charge in [0.1, 0.15) is 0 Å². The van der Waals surface area contributed by atoms with Crippen molar-refractivity contribution in [2.24, 2.45) is 5.92 Å². The number of piperidine rings is 1. The van der Waals surface area contributed by atoms with Gasteiger partial charge in [0.05, 0.1) is 10.8 Å². The van der Waals surface area contributed by atoms with E-state index in [1.807, 2.05) is 0 Å². The summed E-state index contributed by atoms with van der Waals surface area (Å²) < 4.78 is 64.3. The number of hydrogen-bond donors (Lipinski definition) is 0. The van der Waals surface area contributed by atoms with E-state index < -0.39 is 39.1 Å². The Kier molecular flexibility index (Phi) is 5.51. The van der Waals surface area contributed by atoms with Gasteiger partial charge in [0.25, 0.3) is 0 Å². The van der Waals surface area contributed by atoms with Crippen molar-refractivity contribution in [3.05, 3.63) is 29.3 Å². The van der Waals surface area contributed by atoms with Crippen molar-refractivity contribution in [1.29, 1.82) is 0 Å². The summed E-state index contributed by atoms with van der Waals surface area (Å²) in [4.78, 5) is 14.3. The number of benzene rings is 1. The highest BCUT2D eigenvalue weighted by Gasteiger charge is 2.55. The number of rotatable bonds is 3. The zero-order chi connectivity index (χ0) is 19.9. The molecule has 1 atom stereocenters. The minimum Gasteiger partial charge on any atom is -0.341 e. The van der Waals surface area contributed by atoms with Gasteiger partial charge in [-0.25, -0.2) is 8.42 Å². The molecule has 1 aromatic carbocycles. The maximum Gasteiger partial charge on any atom is 0.393 e. The van der Waals surface area contributed by atoms with E-state index in [1.54, 1.807) is 0 Å². The number of amides is 1. The van der Waals surface area contributed by atoms with E-state index >= 15 is 0 Å². The highest BCUT2D eigenvalue weighted by Crippen LogP contribution is 2.43. The Morgan fingerprint density at radius 2 is 1.70 bits per heavy atom.